The topological polar surface area (TPSA) is 45.4 Å². The highest BCUT2D eigenvalue weighted by Crippen LogP contribution is 2.30. The SMILES string of the molecule is OCc1ccc(CNC2CCCc3occc32)cc1. The lowest BCUT2D eigenvalue weighted by atomic mass is 9.93. The van der Waals surface area contributed by atoms with E-state index in [1.165, 1.54) is 24.0 Å². The van der Waals surface area contributed by atoms with Gasteiger partial charge in [0.2, 0.25) is 0 Å². The largest absolute Gasteiger partial charge is 0.469 e. The number of aliphatic hydroxyl groups is 1. The van der Waals surface area contributed by atoms with Crippen molar-refractivity contribution in [3.05, 3.63) is 59.0 Å². The van der Waals surface area contributed by atoms with Gasteiger partial charge in [0.25, 0.3) is 0 Å². The minimum Gasteiger partial charge on any atom is -0.469 e. The fourth-order valence-electron chi connectivity index (χ4n) is 2.70. The van der Waals surface area contributed by atoms with Crippen molar-refractivity contribution in [1.82, 2.24) is 5.32 Å². The summed E-state index contributed by atoms with van der Waals surface area (Å²) in [4.78, 5) is 0. The molecular weight excluding hydrogens is 238 g/mol. The molecule has 1 aliphatic rings. The highest BCUT2D eigenvalue weighted by molar-refractivity contribution is 5.25. The molecule has 1 aliphatic carbocycles. The number of hydrogen-bond donors (Lipinski definition) is 2. The zero-order valence-corrected chi connectivity index (χ0v) is 10.9. The maximum absolute atomic E-state index is 9.02. The van der Waals surface area contributed by atoms with Gasteiger partial charge in [0, 0.05) is 24.6 Å². The van der Waals surface area contributed by atoms with Crippen LogP contribution in [0.4, 0.5) is 0 Å². The van der Waals surface area contributed by atoms with E-state index in [0.717, 1.165) is 24.3 Å². The van der Waals surface area contributed by atoms with E-state index in [1.807, 2.05) is 12.1 Å². The van der Waals surface area contributed by atoms with Crippen LogP contribution in [0, 0.1) is 0 Å². The van der Waals surface area contributed by atoms with E-state index < -0.39 is 0 Å². The van der Waals surface area contributed by atoms with Gasteiger partial charge in [-0.1, -0.05) is 24.3 Å². The predicted molar refractivity (Wildman–Crippen MR) is 73.6 cm³/mol. The molecule has 3 heteroatoms. The quantitative estimate of drug-likeness (QED) is 0.885. The van der Waals surface area contributed by atoms with Crippen LogP contribution in [-0.2, 0) is 19.6 Å². The average molecular weight is 257 g/mol. The van der Waals surface area contributed by atoms with Crippen LogP contribution >= 0.6 is 0 Å². The van der Waals surface area contributed by atoms with E-state index in [9.17, 15) is 0 Å². The summed E-state index contributed by atoms with van der Waals surface area (Å²) in [5, 5.41) is 12.6. The van der Waals surface area contributed by atoms with Crippen molar-refractivity contribution in [3.8, 4) is 0 Å². The Morgan fingerprint density at radius 2 is 1.95 bits per heavy atom. The highest BCUT2D eigenvalue weighted by Gasteiger charge is 2.21. The lowest BCUT2D eigenvalue weighted by molar-refractivity contribution is 0.282. The maximum atomic E-state index is 9.02. The first kappa shape index (κ1) is 12.5. The molecule has 0 aliphatic heterocycles. The number of rotatable bonds is 4. The van der Waals surface area contributed by atoms with Crippen molar-refractivity contribution >= 4 is 0 Å². The Morgan fingerprint density at radius 1 is 1.16 bits per heavy atom. The smallest absolute Gasteiger partial charge is 0.108 e. The molecule has 2 aromatic rings. The Bertz CT molecular complexity index is 530. The summed E-state index contributed by atoms with van der Waals surface area (Å²) in [6.07, 6.45) is 5.20. The van der Waals surface area contributed by atoms with Crippen molar-refractivity contribution in [2.75, 3.05) is 0 Å². The predicted octanol–water partition coefficient (Wildman–Crippen LogP) is 2.94. The molecule has 0 spiro atoms. The molecule has 0 saturated carbocycles. The monoisotopic (exact) mass is 257 g/mol. The van der Waals surface area contributed by atoms with E-state index in [0.29, 0.717) is 6.04 Å². The zero-order valence-electron chi connectivity index (χ0n) is 10.9. The summed E-state index contributed by atoms with van der Waals surface area (Å²) in [6, 6.07) is 10.6. The van der Waals surface area contributed by atoms with Crippen LogP contribution in [-0.4, -0.2) is 5.11 Å². The van der Waals surface area contributed by atoms with Crippen LogP contribution in [0.2, 0.25) is 0 Å². The van der Waals surface area contributed by atoms with E-state index in [4.69, 9.17) is 9.52 Å². The van der Waals surface area contributed by atoms with Crippen molar-refractivity contribution in [2.45, 2.75) is 38.5 Å². The van der Waals surface area contributed by atoms with Crippen LogP contribution in [0.3, 0.4) is 0 Å². The summed E-state index contributed by atoms with van der Waals surface area (Å²) in [6.45, 7) is 0.954. The van der Waals surface area contributed by atoms with Gasteiger partial charge < -0.3 is 14.8 Å². The molecule has 0 saturated heterocycles. The van der Waals surface area contributed by atoms with E-state index >= 15 is 0 Å². The van der Waals surface area contributed by atoms with Gasteiger partial charge in [0.15, 0.2) is 0 Å². The first-order valence-electron chi connectivity index (χ1n) is 6.85. The molecule has 0 amide bonds. The standard InChI is InChI=1S/C16H19NO2/c18-11-13-6-4-12(5-7-13)10-17-15-2-1-3-16-14(15)8-9-19-16/h4-9,15,17-18H,1-3,10-11H2. The molecule has 1 aromatic carbocycles. The fraction of sp³-hybridized carbons (Fsp3) is 0.375. The third-order valence-corrected chi connectivity index (χ3v) is 3.81. The van der Waals surface area contributed by atoms with Gasteiger partial charge in [-0.05, 0) is 30.0 Å². The molecule has 0 bridgehead atoms. The summed E-state index contributed by atoms with van der Waals surface area (Å²) >= 11 is 0. The van der Waals surface area contributed by atoms with Crippen LogP contribution < -0.4 is 5.32 Å². The number of benzene rings is 1. The van der Waals surface area contributed by atoms with Gasteiger partial charge in [0.05, 0.1) is 12.9 Å². The van der Waals surface area contributed by atoms with Crippen molar-refractivity contribution in [3.63, 3.8) is 0 Å². The minimum absolute atomic E-state index is 0.106. The second-order valence-corrected chi connectivity index (χ2v) is 5.10. The second-order valence-electron chi connectivity index (χ2n) is 5.10. The third-order valence-electron chi connectivity index (χ3n) is 3.81. The lowest BCUT2D eigenvalue weighted by Crippen LogP contribution is -2.24. The number of aryl methyl sites for hydroxylation is 1. The van der Waals surface area contributed by atoms with E-state index in [1.54, 1.807) is 6.26 Å². The third kappa shape index (κ3) is 2.72. The molecule has 1 aromatic heterocycles. The Labute approximate surface area is 113 Å². The lowest BCUT2D eigenvalue weighted by Gasteiger charge is -2.22. The zero-order chi connectivity index (χ0) is 13.1. The molecule has 100 valence electrons. The molecule has 3 nitrogen and oxygen atoms in total. The Balaban J connectivity index is 1.64. The number of aliphatic hydroxyl groups excluding tert-OH is 1. The Hall–Kier alpha value is -1.58. The molecule has 1 heterocycles. The summed E-state index contributed by atoms with van der Waals surface area (Å²) in [5.41, 5.74) is 3.52. The number of fused-ring (bicyclic) bond motifs is 1. The summed E-state index contributed by atoms with van der Waals surface area (Å²) < 4.78 is 5.50. The molecule has 2 N–H and O–H groups in total. The number of nitrogens with one attached hydrogen (secondary N) is 1. The highest BCUT2D eigenvalue weighted by atomic mass is 16.3. The second kappa shape index (κ2) is 5.59. The van der Waals surface area contributed by atoms with Gasteiger partial charge in [0.1, 0.15) is 5.76 Å². The summed E-state index contributed by atoms with van der Waals surface area (Å²) in [7, 11) is 0. The first-order valence-corrected chi connectivity index (χ1v) is 6.85. The van der Waals surface area contributed by atoms with Crippen LogP contribution in [0.25, 0.3) is 0 Å². The minimum atomic E-state index is 0.106. The molecule has 0 radical (unpaired) electrons. The van der Waals surface area contributed by atoms with Crippen LogP contribution in [0.5, 0.6) is 0 Å². The molecule has 0 fully saturated rings. The van der Waals surface area contributed by atoms with Gasteiger partial charge in [-0.3, -0.25) is 0 Å². The van der Waals surface area contributed by atoms with Gasteiger partial charge in [-0.25, -0.2) is 0 Å². The number of furan rings is 1. The first-order chi connectivity index (χ1) is 9.36. The van der Waals surface area contributed by atoms with Gasteiger partial charge in [-0.2, -0.15) is 0 Å². The Kier molecular flexibility index (Phi) is 3.67. The fourth-order valence-corrected chi connectivity index (χ4v) is 2.70. The molecule has 1 unspecified atom stereocenters. The molecule has 1 atom stereocenters. The van der Waals surface area contributed by atoms with Crippen molar-refractivity contribution in [2.24, 2.45) is 0 Å². The number of hydrogen-bond acceptors (Lipinski definition) is 3. The van der Waals surface area contributed by atoms with Gasteiger partial charge >= 0.3 is 0 Å². The van der Waals surface area contributed by atoms with E-state index in [2.05, 4.69) is 23.5 Å². The molecule has 3 rings (SSSR count). The normalized spacial score (nSPS) is 18.3. The summed E-state index contributed by atoms with van der Waals surface area (Å²) in [5.74, 6) is 1.14. The molecule has 19 heavy (non-hydrogen) atoms. The molecular formula is C16H19NO2. The van der Waals surface area contributed by atoms with Crippen LogP contribution in [0.15, 0.2) is 41.0 Å². The van der Waals surface area contributed by atoms with E-state index in [-0.39, 0.29) is 6.61 Å². The van der Waals surface area contributed by atoms with Crippen molar-refractivity contribution in [1.29, 1.82) is 0 Å². The van der Waals surface area contributed by atoms with Gasteiger partial charge in [-0.15, -0.1) is 0 Å². The average Bonchev–Trinajstić information content (AvgIpc) is 2.94. The van der Waals surface area contributed by atoms with Crippen molar-refractivity contribution < 1.29 is 9.52 Å². The maximum Gasteiger partial charge on any atom is 0.108 e. The van der Waals surface area contributed by atoms with Crippen LogP contribution in [0.1, 0.15) is 41.3 Å². The Morgan fingerprint density at radius 3 is 2.74 bits per heavy atom.